The molecule has 0 amide bonds. The van der Waals surface area contributed by atoms with Crippen molar-refractivity contribution in [2.24, 2.45) is 0 Å². The van der Waals surface area contributed by atoms with Crippen molar-refractivity contribution < 1.29 is 9.84 Å². The highest BCUT2D eigenvalue weighted by atomic mass is 79.9. The van der Waals surface area contributed by atoms with E-state index in [0.29, 0.717) is 0 Å². The van der Waals surface area contributed by atoms with E-state index in [-0.39, 0.29) is 6.10 Å². The molecule has 2 atom stereocenters. The summed E-state index contributed by atoms with van der Waals surface area (Å²) in [5.41, 5.74) is -0.566. The average molecular weight is 305 g/mol. The van der Waals surface area contributed by atoms with Crippen LogP contribution in [-0.2, 0) is 11.2 Å². The first-order valence-corrected chi connectivity index (χ1v) is 7.27. The number of rotatable bonds is 3. The van der Waals surface area contributed by atoms with E-state index in [1.54, 1.807) is 18.4 Å². The highest BCUT2D eigenvalue weighted by Crippen LogP contribution is 2.34. The normalized spacial score (nSPS) is 30.6. The Morgan fingerprint density at radius 1 is 1.69 bits per heavy atom. The number of aliphatic hydroxyl groups is 1. The van der Waals surface area contributed by atoms with Crippen molar-refractivity contribution >= 4 is 27.3 Å². The van der Waals surface area contributed by atoms with E-state index in [9.17, 15) is 5.11 Å². The number of halogens is 1. The second-order valence-electron chi connectivity index (χ2n) is 4.59. The zero-order chi connectivity index (χ0) is 11.6. The second kappa shape index (κ2) is 5.17. The van der Waals surface area contributed by atoms with Gasteiger partial charge in [-0.1, -0.05) is 0 Å². The molecule has 1 aliphatic rings. The fourth-order valence-corrected chi connectivity index (χ4v) is 4.01. The Morgan fingerprint density at radius 2 is 2.50 bits per heavy atom. The number of thiophene rings is 1. The maximum absolute atomic E-state index is 10.5. The Bertz CT molecular complexity index is 353. The molecule has 2 nitrogen and oxygen atoms in total. The molecule has 4 heteroatoms. The third kappa shape index (κ3) is 3.06. The number of methoxy groups -OCH3 is 1. The molecule has 2 rings (SSSR count). The van der Waals surface area contributed by atoms with Gasteiger partial charge in [-0.25, -0.2) is 0 Å². The predicted molar refractivity (Wildman–Crippen MR) is 69.9 cm³/mol. The van der Waals surface area contributed by atoms with Crippen LogP contribution >= 0.6 is 27.3 Å². The molecule has 0 bridgehead atoms. The maximum Gasteiger partial charge on any atom is 0.0720 e. The molecular formula is C12H17BrO2S. The van der Waals surface area contributed by atoms with Crippen LogP contribution in [0.4, 0.5) is 0 Å². The monoisotopic (exact) mass is 304 g/mol. The van der Waals surface area contributed by atoms with Crippen molar-refractivity contribution in [3.63, 3.8) is 0 Å². The summed E-state index contributed by atoms with van der Waals surface area (Å²) in [5.74, 6) is 0. The van der Waals surface area contributed by atoms with Crippen LogP contribution in [0.25, 0.3) is 0 Å². The van der Waals surface area contributed by atoms with E-state index < -0.39 is 5.60 Å². The Balaban J connectivity index is 2.01. The predicted octanol–water partition coefficient (Wildman–Crippen LogP) is 3.37. The molecule has 0 aromatic carbocycles. The zero-order valence-electron chi connectivity index (χ0n) is 9.41. The van der Waals surface area contributed by atoms with Crippen LogP contribution in [0.5, 0.6) is 0 Å². The number of hydrogen-bond acceptors (Lipinski definition) is 3. The lowest BCUT2D eigenvalue weighted by molar-refractivity contribution is -0.0577. The van der Waals surface area contributed by atoms with Crippen molar-refractivity contribution in [3.8, 4) is 0 Å². The number of ether oxygens (including phenoxy) is 1. The van der Waals surface area contributed by atoms with Gasteiger partial charge >= 0.3 is 0 Å². The van der Waals surface area contributed by atoms with Gasteiger partial charge in [-0.3, -0.25) is 0 Å². The largest absolute Gasteiger partial charge is 0.389 e. The van der Waals surface area contributed by atoms with E-state index >= 15 is 0 Å². The molecule has 1 aliphatic carbocycles. The lowest BCUT2D eigenvalue weighted by Gasteiger charge is -2.36. The van der Waals surface area contributed by atoms with Gasteiger partial charge in [-0.15, -0.1) is 11.3 Å². The van der Waals surface area contributed by atoms with E-state index in [0.717, 1.165) is 36.6 Å². The minimum Gasteiger partial charge on any atom is -0.389 e. The summed E-state index contributed by atoms with van der Waals surface area (Å²) in [6, 6.07) is 2.10. The molecule has 1 fully saturated rings. The van der Waals surface area contributed by atoms with Crippen molar-refractivity contribution in [1.82, 2.24) is 0 Å². The molecule has 1 N–H and O–H groups in total. The summed E-state index contributed by atoms with van der Waals surface area (Å²) >= 11 is 5.15. The smallest absolute Gasteiger partial charge is 0.0720 e. The molecule has 1 aromatic rings. The molecule has 2 unspecified atom stereocenters. The van der Waals surface area contributed by atoms with Gasteiger partial charge in [0.1, 0.15) is 0 Å². The van der Waals surface area contributed by atoms with Gasteiger partial charge < -0.3 is 9.84 Å². The van der Waals surface area contributed by atoms with E-state index in [2.05, 4.69) is 27.4 Å². The van der Waals surface area contributed by atoms with Gasteiger partial charge in [0.15, 0.2) is 0 Å². The van der Waals surface area contributed by atoms with Crippen LogP contribution < -0.4 is 0 Å². The molecule has 0 aliphatic heterocycles. The summed E-state index contributed by atoms with van der Waals surface area (Å²) in [5, 5.41) is 12.6. The lowest BCUT2D eigenvalue weighted by atomic mass is 9.80. The highest BCUT2D eigenvalue weighted by Gasteiger charge is 2.34. The molecule has 1 aromatic heterocycles. The van der Waals surface area contributed by atoms with Crippen LogP contribution in [0.1, 0.15) is 30.6 Å². The molecule has 0 spiro atoms. The Labute approximate surface area is 109 Å². The van der Waals surface area contributed by atoms with Gasteiger partial charge in [0.25, 0.3) is 0 Å². The quantitative estimate of drug-likeness (QED) is 0.928. The average Bonchev–Trinajstić information content (AvgIpc) is 2.63. The molecule has 0 saturated heterocycles. The van der Waals surface area contributed by atoms with Gasteiger partial charge in [0.2, 0.25) is 0 Å². The first-order valence-electron chi connectivity index (χ1n) is 5.59. The van der Waals surface area contributed by atoms with E-state index in [4.69, 9.17) is 4.74 Å². The van der Waals surface area contributed by atoms with Crippen LogP contribution in [0, 0.1) is 0 Å². The Kier molecular flexibility index (Phi) is 4.06. The molecule has 16 heavy (non-hydrogen) atoms. The molecular weight excluding hydrogens is 288 g/mol. The van der Waals surface area contributed by atoms with Crippen molar-refractivity contribution in [2.75, 3.05) is 7.11 Å². The molecule has 90 valence electrons. The topological polar surface area (TPSA) is 29.5 Å². The molecule has 1 heterocycles. The van der Waals surface area contributed by atoms with Gasteiger partial charge in [-0.05, 0) is 41.3 Å². The first-order chi connectivity index (χ1) is 7.61. The van der Waals surface area contributed by atoms with Crippen LogP contribution in [0.2, 0.25) is 0 Å². The molecule has 1 saturated carbocycles. The summed E-state index contributed by atoms with van der Waals surface area (Å²) in [6.45, 7) is 0. The fraction of sp³-hybridized carbons (Fsp3) is 0.667. The Hall–Kier alpha value is 0.1000. The van der Waals surface area contributed by atoms with E-state index in [1.165, 1.54) is 4.88 Å². The SMILES string of the molecule is COC1CCCC(O)(Cc2cc(Br)cs2)C1. The third-order valence-corrected chi connectivity index (χ3v) is 4.93. The van der Waals surface area contributed by atoms with Crippen molar-refractivity contribution in [3.05, 3.63) is 20.8 Å². The van der Waals surface area contributed by atoms with Gasteiger partial charge in [0, 0.05) is 34.7 Å². The minimum absolute atomic E-state index is 0.224. The molecule has 0 radical (unpaired) electrons. The standard InChI is InChI=1S/C12H17BrO2S/c1-15-10-3-2-4-12(14,6-10)7-11-5-9(13)8-16-11/h5,8,10,14H,2-4,6-7H2,1H3. The summed E-state index contributed by atoms with van der Waals surface area (Å²) in [4.78, 5) is 1.24. The van der Waals surface area contributed by atoms with E-state index in [1.807, 2.05) is 0 Å². The van der Waals surface area contributed by atoms with Crippen molar-refractivity contribution in [1.29, 1.82) is 0 Å². The summed E-state index contributed by atoms with van der Waals surface area (Å²) in [6.07, 6.45) is 4.76. The maximum atomic E-state index is 10.5. The summed E-state index contributed by atoms with van der Waals surface area (Å²) < 4.78 is 6.47. The highest BCUT2D eigenvalue weighted by molar-refractivity contribution is 9.10. The minimum atomic E-state index is -0.566. The van der Waals surface area contributed by atoms with Crippen LogP contribution in [-0.4, -0.2) is 23.9 Å². The van der Waals surface area contributed by atoms with Crippen LogP contribution in [0.15, 0.2) is 15.9 Å². The third-order valence-electron chi connectivity index (χ3n) is 3.23. The van der Waals surface area contributed by atoms with Crippen molar-refractivity contribution in [2.45, 2.75) is 43.8 Å². The second-order valence-corrected chi connectivity index (χ2v) is 6.50. The Morgan fingerprint density at radius 3 is 3.12 bits per heavy atom. The summed E-state index contributed by atoms with van der Waals surface area (Å²) in [7, 11) is 1.73. The van der Waals surface area contributed by atoms with Crippen LogP contribution in [0.3, 0.4) is 0 Å². The fourth-order valence-electron chi connectivity index (χ4n) is 2.42. The first kappa shape index (κ1) is 12.6. The number of hydrogen-bond donors (Lipinski definition) is 1. The van der Waals surface area contributed by atoms with Gasteiger partial charge in [0.05, 0.1) is 11.7 Å². The van der Waals surface area contributed by atoms with Gasteiger partial charge in [-0.2, -0.15) is 0 Å². The zero-order valence-corrected chi connectivity index (χ0v) is 11.8. The lowest BCUT2D eigenvalue weighted by Crippen LogP contribution is -2.39.